The first-order chi connectivity index (χ1) is 18.0. The molecule has 218 valence electrons. The highest BCUT2D eigenvalue weighted by Crippen LogP contribution is 2.01. The molecule has 0 fully saturated rings. The van der Waals surface area contributed by atoms with Crippen LogP contribution in [0, 0.1) is 0 Å². The summed E-state index contributed by atoms with van der Waals surface area (Å²) in [4.78, 5) is 66.7. The van der Waals surface area contributed by atoms with Crippen LogP contribution < -0.4 is 32.7 Å². The molecule has 0 aliphatic rings. The van der Waals surface area contributed by atoms with Gasteiger partial charge in [0.05, 0.1) is 13.1 Å². The van der Waals surface area contributed by atoms with E-state index < -0.39 is 48.2 Å². The van der Waals surface area contributed by atoms with Crippen LogP contribution in [0.5, 0.6) is 0 Å². The third-order valence-corrected chi connectivity index (χ3v) is 5.55. The van der Waals surface area contributed by atoms with Gasteiger partial charge in [0.2, 0.25) is 23.6 Å². The van der Waals surface area contributed by atoms with Gasteiger partial charge in [-0.05, 0) is 19.3 Å². The number of amides is 4. The second-order valence-electron chi connectivity index (χ2n) is 8.08. The number of nitrogens with one attached hydrogen (secondary N) is 4. The van der Waals surface area contributed by atoms with Crippen LogP contribution in [0.25, 0.3) is 0 Å². The molecule has 0 heterocycles. The van der Waals surface area contributed by atoms with Crippen molar-refractivity contribution in [3.8, 4) is 0 Å². The second kappa shape index (κ2) is 21.6. The summed E-state index contributed by atoms with van der Waals surface area (Å²) in [6.45, 7) is 1.13. The average molecular weight is 597 g/mol. The zero-order chi connectivity index (χ0) is 28.9. The zero-order valence-corrected chi connectivity index (χ0v) is 23.9. The molecule has 0 aliphatic heterocycles. The van der Waals surface area contributed by atoms with E-state index in [1.54, 1.807) is 0 Å². The molecule has 0 saturated carbocycles. The lowest BCUT2D eigenvalue weighted by atomic mass is 10.1. The van der Waals surface area contributed by atoms with Gasteiger partial charge in [-0.2, -0.15) is 37.9 Å². The lowest BCUT2D eigenvalue weighted by Gasteiger charge is -2.23. The predicted octanol–water partition coefficient (Wildman–Crippen LogP) is -2.80. The minimum atomic E-state index is -1.12. The van der Waals surface area contributed by atoms with Gasteiger partial charge in [0, 0.05) is 49.9 Å². The Bertz CT molecular complexity index is 795. The predicted molar refractivity (Wildman–Crippen MR) is 155 cm³/mol. The number of carbonyl (C=O) groups excluding carboxylic acids is 4. The molecule has 0 aromatic rings. The van der Waals surface area contributed by atoms with Gasteiger partial charge in [-0.1, -0.05) is 0 Å². The molecular weight excluding hydrogens is 556 g/mol. The first-order valence-electron chi connectivity index (χ1n) is 12.0. The SMILES string of the molecule is NC(N)=NCCC[C@H](NC(=O)CN(CCS)CCS)C(=O)NCC(=O)N[C@H](CCC(=O)O)C(=O)NCCS. The number of carboxylic acid groups (broad SMARTS) is 1. The first-order valence-corrected chi connectivity index (χ1v) is 13.9. The normalized spacial score (nSPS) is 12.2. The monoisotopic (exact) mass is 596 g/mol. The van der Waals surface area contributed by atoms with Crippen molar-refractivity contribution in [2.24, 2.45) is 16.5 Å². The van der Waals surface area contributed by atoms with E-state index in [-0.39, 0.29) is 44.9 Å². The Morgan fingerprint density at radius 2 is 1.42 bits per heavy atom. The fourth-order valence-corrected chi connectivity index (χ4v) is 3.82. The van der Waals surface area contributed by atoms with Gasteiger partial charge < -0.3 is 37.8 Å². The van der Waals surface area contributed by atoms with Crippen molar-refractivity contribution >= 4 is 73.4 Å². The minimum Gasteiger partial charge on any atom is -0.481 e. The van der Waals surface area contributed by atoms with E-state index in [4.69, 9.17) is 16.6 Å². The summed E-state index contributed by atoms with van der Waals surface area (Å²) in [6.07, 6.45) is 0.101. The maximum absolute atomic E-state index is 12.8. The Balaban J connectivity index is 5.17. The quantitative estimate of drug-likeness (QED) is 0.0286. The molecule has 17 heteroatoms. The van der Waals surface area contributed by atoms with Gasteiger partial charge in [0.1, 0.15) is 12.1 Å². The molecule has 0 bridgehead atoms. The largest absolute Gasteiger partial charge is 0.481 e. The molecule has 38 heavy (non-hydrogen) atoms. The van der Waals surface area contributed by atoms with E-state index in [1.807, 2.05) is 4.90 Å². The molecule has 0 spiro atoms. The number of aliphatic carboxylic acids is 1. The summed E-state index contributed by atoms with van der Waals surface area (Å²) in [5, 5.41) is 19.0. The second-order valence-corrected chi connectivity index (χ2v) is 9.42. The third-order valence-electron chi connectivity index (χ3n) is 4.93. The highest BCUT2D eigenvalue weighted by atomic mass is 32.1. The van der Waals surface area contributed by atoms with Crippen LogP contribution in [0.15, 0.2) is 4.99 Å². The van der Waals surface area contributed by atoms with E-state index in [0.29, 0.717) is 36.8 Å². The molecular formula is C21H40N8O6S3. The van der Waals surface area contributed by atoms with Gasteiger partial charge in [-0.25, -0.2) is 0 Å². The first kappa shape index (κ1) is 35.6. The number of guanidine groups is 1. The molecule has 2 atom stereocenters. The number of hydrogen-bond acceptors (Lipinski definition) is 10. The van der Waals surface area contributed by atoms with Gasteiger partial charge in [-0.15, -0.1) is 0 Å². The number of carbonyl (C=O) groups is 5. The van der Waals surface area contributed by atoms with Crippen LogP contribution in [-0.2, 0) is 24.0 Å². The average Bonchev–Trinajstić information content (AvgIpc) is 2.85. The smallest absolute Gasteiger partial charge is 0.303 e. The summed E-state index contributed by atoms with van der Waals surface area (Å²) < 4.78 is 0. The van der Waals surface area contributed by atoms with Gasteiger partial charge in [-0.3, -0.25) is 33.9 Å². The Kier molecular flexibility index (Phi) is 20.2. The fraction of sp³-hybridized carbons (Fsp3) is 0.714. The number of aliphatic imine (C=N–C) groups is 1. The molecule has 0 rings (SSSR count). The zero-order valence-electron chi connectivity index (χ0n) is 21.2. The Labute approximate surface area is 239 Å². The number of nitrogens with zero attached hydrogens (tertiary/aromatic N) is 2. The van der Waals surface area contributed by atoms with Crippen molar-refractivity contribution in [3.05, 3.63) is 0 Å². The molecule has 9 N–H and O–H groups in total. The molecule has 0 aliphatic carbocycles. The maximum Gasteiger partial charge on any atom is 0.303 e. The van der Waals surface area contributed by atoms with E-state index in [2.05, 4.69) is 64.1 Å². The van der Waals surface area contributed by atoms with E-state index >= 15 is 0 Å². The van der Waals surface area contributed by atoms with Crippen LogP contribution in [0.4, 0.5) is 0 Å². The molecule has 0 radical (unpaired) electrons. The summed E-state index contributed by atoms with van der Waals surface area (Å²) in [6, 6.07) is -2.07. The topological polar surface area (TPSA) is 221 Å². The summed E-state index contributed by atoms with van der Waals surface area (Å²) in [5.74, 6) is -2.05. The van der Waals surface area contributed by atoms with Crippen LogP contribution in [0.3, 0.4) is 0 Å². The van der Waals surface area contributed by atoms with Crippen molar-refractivity contribution in [2.75, 3.05) is 56.5 Å². The number of hydrogen-bond donors (Lipinski definition) is 10. The Morgan fingerprint density at radius 3 is 1.97 bits per heavy atom. The lowest BCUT2D eigenvalue weighted by molar-refractivity contribution is -0.138. The van der Waals surface area contributed by atoms with Crippen molar-refractivity contribution in [1.82, 2.24) is 26.2 Å². The van der Waals surface area contributed by atoms with E-state index in [1.165, 1.54) is 0 Å². The van der Waals surface area contributed by atoms with E-state index in [0.717, 1.165) is 0 Å². The molecule has 0 aromatic carbocycles. The van der Waals surface area contributed by atoms with Crippen LogP contribution >= 0.6 is 37.9 Å². The molecule has 4 amide bonds. The van der Waals surface area contributed by atoms with Crippen molar-refractivity contribution in [2.45, 2.75) is 37.8 Å². The Hall–Kier alpha value is -2.37. The number of rotatable bonds is 21. The third kappa shape index (κ3) is 18.0. The number of thiol groups is 3. The van der Waals surface area contributed by atoms with Gasteiger partial charge in [0.25, 0.3) is 0 Å². The van der Waals surface area contributed by atoms with Gasteiger partial charge >= 0.3 is 5.97 Å². The van der Waals surface area contributed by atoms with Crippen LogP contribution in [-0.4, -0.2) is 114 Å². The van der Waals surface area contributed by atoms with Crippen molar-refractivity contribution in [1.29, 1.82) is 0 Å². The van der Waals surface area contributed by atoms with Crippen molar-refractivity contribution in [3.63, 3.8) is 0 Å². The molecule has 0 unspecified atom stereocenters. The molecule has 0 saturated heterocycles. The van der Waals surface area contributed by atoms with Gasteiger partial charge in [0.15, 0.2) is 5.96 Å². The summed E-state index contributed by atoms with van der Waals surface area (Å²) in [5.41, 5.74) is 10.6. The van der Waals surface area contributed by atoms with E-state index in [9.17, 15) is 24.0 Å². The summed E-state index contributed by atoms with van der Waals surface area (Å²) in [7, 11) is 0. The highest BCUT2D eigenvalue weighted by molar-refractivity contribution is 7.80. The fourth-order valence-electron chi connectivity index (χ4n) is 3.14. The molecule has 14 nitrogen and oxygen atoms in total. The molecule has 0 aromatic heterocycles. The lowest BCUT2D eigenvalue weighted by Crippen LogP contribution is -2.53. The summed E-state index contributed by atoms with van der Waals surface area (Å²) >= 11 is 12.4. The van der Waals surface area contributed by atoms with Crippen LogP contribution in [0.2, 0.25) is 0 Å². The standard InChI is InChI=1S/C21H40N8O6S3/c22-21(23)25-5-1-2-14(28-17(31)13-29(7-10-37)8-11-38)20(35)26-12-16(30)27-15(3-4-18(32)33)19(34)24-6-9-36/h14-15,36-38H,1-13H2,(H,24,34)(H,26,35)(H,27,30)(H,28,31)(H,32,33)(H4,22,23,25)/t14-,15+/m0/s1. The number of carboxylic acids is 1. The number of nitrogens with two attached hydrogens (primary N) is 2. The maximum atomic E-state index is 12.8. The van der Waals surface area contributed by atoms with Crippen LogP contribution in [0.1, 0.15) is 25.7 Å². The highest BCUT2D eigenvalue weighted by Gasteiger charge is 2.24. The van der Waals surface area contributed by atoms with Crippen molar-refractivity contribution < 1.29 is 29.1 Å². The Morgan fingerprint density at radius 1 is 0.842 bits per heavy atom. The minimum absolute atomic E-state index is 0.0337.